The fraction of sp³-hybridized carbons (Fsp3) is 0.385. The first-order chi connectivity index (χ1) is 17.2. The van der Waals surface area contributed by atoms with Crippen LogP contribution in [-0.4, -0.2) is 40.8 Å². The number of carbonyl (C=O) groups is 1. The van der Waals surface area contributed by atoms with Crippen LogP contribution in [0.5, 0.6) is 11.5 Å². The predicted molar refractivity (Wildman–Crippen MR) is 132 cm³/mol. The Labute approximate surface area is 215 Å². The van der Waals surface area contributed by atoms with Gasteiger partial charge in [-0.2, -0.15) is 18.3 Å². The number of benzene rings is 2. The van der Waals surface area contributed by atoms with Gasteiger partial charge in [-0.05, 0) is 60.4 Å². The Kier molecular flexibility index (Phi) is 6.48. The fourth-order valence-corrected chi connectivity index (χ4v) is 5.41. The van der Waals surface area contributed by atoms with Crippen molar-refractivity contribution in [3.05, 3.63) is 64.5 Å². The maximum absolute atomic E-state index is 13.9. The number of halogens is 4. The van der Waals surface area contributed by atoms with E-state index in [0.717, 1.165) is 11.1 Å². The molecule has 0 unspecified atom stereocenters. The summed E-state index contributed by atoms with van der Waals surface area (Å²) in [6.07, 6.45) is -2.13. The van der Waals surface area contributed by atoms with Crippen LogP contribution in [-0.2, 0) is 24.5 Å². The molecule has 6 nitrogen and oxygen atoms in total. The van der Waals surface area contributed by atoms with Gasteiger partial charge >= 0.3 is 6.18 Å². The highest BCUT2D eigenvalue weighted by atomic mass is 79.9. The molecule has 0 radical (unpaired) electrons. The van der Waals surface area contributed by atoms with Crippen LogP contribution in [0.3, 0.4) is 0 Å². The molecule has 1 aromatic heterocycles. The lowest BCUT2D eigenvalue weighted by Gasteiger charge is -2.39. The van der Waals surface area contributed by atoms with Crippen LogP contribution in [0.2, 0.25) is 0 Å². The van der Waals surface area contributed by atoms with Gasteiger partial charge in [-0.15, -0.1) is 0 Å². The molecule has 0 spiro atoms. The van der Waals surface area contributed by atoms with Crippen molar-refractivity contribution in [1.82, 2.24) is 14.7 Å². The molecule has 36 heavy (non-hydrogen) atoms. The molecule has 1 amide bonds. The molecule has 3 aromatic rings. The molecule has 0 N–H and O–H groups in total. The number of amides is 1. The van der Waals surface area contributed by atoms with Crippen LogP contribution in [0.4, 0.5) is 13.2 Å². The van der Waals surface area contributed by atoms with E-state index >= 15 is 0 Å². The van der Waals surface area contributed by atoms with Gasteiger partial charge in [0.1, 0.15) is 11.5 Å². The van der Waals surface area contributed by atoms with Crippen molar-refractivity contribution in [1.29, 1.82) is 0 Å². The molecule has 2 aliphatic rings. The number of aryl methyl sites for hydroxylation is 1. The topological polar surface area (TPSA) is 56.6 Å². The molecule has 2 aliphatic heterocycles. The largest absolute Gasteiger partial charge is 0.497 e. The van der Waals surface area contributed by atoms with Gasteiger partial charge < -0.3 is 14.4 Å². The van der Waals surface area contributed by atoms with Crippen LogP contribution >= 0.6 is 15.9 Å². The summed E-state index contributed by atoms with van der Waals surface area (Å²) in [5.74, 6) is 1.19. The maximum atomic E-state index is 13.9. The zero-order valence-electron chi connectivity index (χ0n) is 19.9. The van der Waals surface area contributed by atoms with Crippen LogP contribution in [0.15, 0.2) is 36.5 Å². The molecule has 0 saturated heterocycles. The molecule has 0 saturated carbocycles. The number of ether oxygens (including phenoxy) is 2. The average molecular weight is 564 g/mol. The van der Waals surface area contributed by atoms with E-state index in [2.05, 4.69) is 21.0 Å². The summed E-state index contributed by atoms with van der Waals surface area (Å²) in [6, 6.07) is 8.85. The number of alkyl halides is 4. The minimum Gasteiger partial charge on any atom is -0.497 e. The van der Waals surface area contributed by atoms with E-state index < -0.39 is 11.9 Å². The second-order valence-electron chi connectivity index (χ2n) is 8.85. The molecule has 3 heterocycles. The summed E-state index contributed by atoms with van der Waals surface area (Å²) >= 11 is 3.42. The van der Waals surface area contributed by atoms with Gasteiger partial charge in [0.15, 0.2) is 5.69 Å². The number of fused-ring (bicyclic) bond motifs is 2. The molecule has 2 aromatic carbocycles. The number of hydrogen-bond acceptors (Lipinski definition) is 4. The summed E-state index contributed by atoms with van der Waals surface area (Å²) in [6.45, 7) is 2.90. The smallest absolute Gasteiger partial charge is 0.435 e. The molecular weight excluding hydrogens is 539 g/mol. The van der Waals surface area contributed by atoms with Crippen LogP contribution in [0, 0.1) is 0 Å². The number of carbonyl (C=O) groups excluding carboxylic acids is 1. The highest BCUT2D eigenvalue weighted by Crippen LogP contribution is 2.43. The molecule has 1 atom stereocenters. The van der Waals surface area contributed by atoms with Crippen molar-refractivity contribution in [3.8, 4) is 22.6 Å². The monoisotopic (exact) mass is 563 g/mol. The first-order valence-electron chi connectivity index (χ1n) is 11.7. The van der Waals surface area contributed by atoms with E-state index in [1.807, 2.05) is 23.1 Å². The van der Waals surface area contributed by atoms with Gasteiger partial charge in [-0.25, -0.2) is 0 Å². The van der Waals surface area contributed by atoms with Crippen molar-refractivity contribution in [2.75, 3.05) is 20.3 Å². The number of methoxy groups -OCH3 is 1. The molecule has 5 rings (SSSR count). The minimum absolute atomic E-state index is 0.00537. The van der Waals surface area contributed by atoms with Gasteiger partial charge in [-0.3, -0.25) is 9.48 Å². The Hall–Kier alpha value is -3.01. The van der Waals surface area contributed by atoms with Crippen LogP contribution < -0.4 is 9.47 Å². The Morgan fingerprint density at radius 1 is 1.19 bits per heavy atom. The van der Waals surface area contributed by atoms with E-state index in [-0.39, 0.29) is 17.5 Å². The second-order valence-corrected chi connectivity index (χ2v) is 9.41. The van der Waals surface area contributed by atoms with Gasteiger partial charge in [0.05, 0.1) is 19.8 Å². The van der Waals surface area contributed by atoms with Crippen molar-refractivity contribution in [2.45, 2.75) is 43.9 Å². The van der Waals surface area contributed by atoms with Gasteiger partial charge in [0, 0.05) is 47.7 Å². The third-order valence-corrected chi connectivity index (χ3v) is 7.45. The van der Waals surface area contributed by atoms with Crippen LogP contribution in [0.1, 0.15) is 52.1 Å². The Morgan fingerprint density at radius 3 is 2.67 bits per heavy atom. The lowest BCUT2D eigenvalue weighted by molar-refractivity contribution is -0.141. The lowest BCUT2D eigenvalue weighted by atomic mass is 9.87. The van der Waals surface area contributed by atoms with Crippen molar-refractivity contribution in [2.24, 2.45) is 0 Å². The lowest BCUT2D eigenvalue weighted by Crippen LogP contribution is -2.42. The van der Waals surface area contributed by atoms with Gasteiger partial charge in [0.25, 0.3) is 5.91 Å². The summed E-state index contributed by atoms with van der Waals surface area (Å²) < 4.78 is 54.2. The molecule has 0 bridgehead atoms. The number of hydrogen-bond donors (Lipinski definition) is 0. The number of rotatable bonds is 5. The molecule has 190 valence electrons. The first-order valence-corrected chi connectivity index (χ1v) is 12.9. The highest BCUT2D eigenvalue weighted by molar-refractivity contribution is 9.08. The third kappa shape index (κ3) is 4.25. The maximum Gasteiger partial charge on any atom is 0.435 e. The van der Waals surface area contributed by atoms with E-state index in [1.165, 1.54) is 10.9 Å². The van der Waals surface area contributed by atoms with Gasteiger partial charge in [0.2, 0.25) is 0 Å². The zero-order chi connectivity index (χ0) is 25.6. The first kappa shape index (κ1) is 24.7. The number of nitrogens with zero attached hydrogens (tertiary/aromatic N) is 3. The minimum atomic E-state index is -4.61. The quantitative estimate of drug-likeness (QED) is 0.356. The second kappa shape index (κ2) is 9.46. The fourth-order valence-electron chi connectivity index (χ4n) is 5.09. The van der Waals surface area contributed by atoms with E-state index in [9.17, 15) is 18.0 Å². The van der Waals surface area contributed by atoms with Crippen molar-refractivity contribution < 1.29 is 27.4 Å². The zero-order valence-corrected chi connectivity index (χ0v) is 21.4. The molecule has 0 aliphatic carbocycles. The Balaban J connectivity index is 1.60. The summed E-state index contributed by atoms with van der Waals surface area (Å²) in [4.78, 5) is 15.7. The molecule has 0 fully saturated rings. The van der Waals surface area contributed by atoms with Gasteiger partial charge in [-0.1, -0.05) is 15.9 Å². The van der Waals surface area contributed by atoms with Crippen molar-refractivity contribution >= 4 is 21.8 Å². The third-order valence-electron chi connectivity index (χ3n) is 6.80. The Bertz CT molecular complexity index is 1320. The van der Waals surface area contributed by atoms with Crippen molar-refractivity contribution in [3.63, 3.8) is 0 Å². The summed E-state index contributed by atoms with van der Waals surface area (Å²) in [5.41, 5.74) is 2.14. The summed E-state index contributed by atoms with van der Waals surface area (Å²) in [7, 11) is 1.59. The Morgan fingerprint density at radius 2 is 1.97 bits per heavy atom. The SMILES string of the molecule is CCn1cc(-c2cc(CBr)cc3c2CCN([C@H]2CCOc4ccc(OC)cc42)C3=O)c(C(F)(F)F)n1. The van der Waals surface area contributed by atoms with Crippen LogP contribution in [0.25, 0.3) is 11.1 Å². The van der Waals surface area contributed by atoms with E-state index in [0.29, 0.717) is 66.1 Å². The molecule has 10 heteroatoms. The predicted octanol–water partition coefficient (Wildman–Crippen LogP) is 6.01. The molecular formula is C26H25BrF3N3O3. The van der Waals surface area contributed by atoms with E-state index in [4.69, 9.17) is 9.47 Å². The van der Waals surface area contributed by atoms with E-state index in [1.54, 1.807) is 26.2 Å². The number of aromatic nitrogens is 2. The summed E-state index contributed by atoms with van der Waals surface area (Å²) in [5, 5.41) is 4.19. The highest BCUT2D eigenvalue weighted by Gasteiger charge is 2.40. The normalized spacial score (nSPS) is 17.4. The standard InChI is InChI=1S/C26H25BrF3N3O3/c1-3-32-14-21(24(31-32)26(28,29)30)18-10-15(13-27)11-19-17(18)6-8-33(25(19)34)22-7-9-36-23-5-4-16(35-2)12-20(22)23/h4-5,10-12,14,22H,3,6-9,13H2,1-2H3/t22-/m0/s1. The average Bonchev–Trinajstić information content (AvgIpc) is 3.33.